The highest BCUT2D eigenvalue weighted by molar-refractivity contribution is 7.89. The van der Waals surface area contributed by atoms with Crippen molar-refractivity contribution < 1.29 is 18.3 Å². The lowest BCUT2D eigenvalue weighted by molar-refractivity contribution is 0.0698. The molecule has 0 radical (unpaired) electrons. The van der Waals surface area contributed by atoms with Gasteiger partial charge in [0.05, 0.1) is 0 Å². The number of aromatic carboxylic acids is 1. The monoisotopic (exact) mass is 325 g/mol. The molecule has 0 atom stereocenters. The molecule has 1 aromatic carbocycles. The third-order valence-electron chi connectivity index (χ3n) is 3.09. The zero-order valence-corrected chi connectivity index (χ0v) is 13.2. The molecule has 2 aromatic rings. The van der Waals surface area contributed by atoms with Crippen molar-refractivity contribution >= 4 is 27.3 Å². The summed E-state index contributed by atoms with van der Waals surface area (Å²) in [7, 11) is -3.86. The highest BCUT2D eigenvalue weighted by Gasteiger charge is 2.26. The van der Waals surface area contributed by atoms with E-state index in [0.717, 1.165) is 22.5 Å². The van der Waals surface area contributed by atoms with E-state index in [-0.39, 0.29) is 16.3 Å². The quantitative estimate of drug-likeness (QED) is 0.885. The minimum atomic E-state index is -3.86. The van der Waals surface area contributed by atoms with Crippen molar-refractivity contribution in [1.82, 2.24) is 4.72 Å². The number of carboxylic acid groups (broad SMARTS) is 1. The number of rotatable bonds is 5. The molecule has 2 rings (SSSR count). The Morgan fingerprint density at radius 3 is 2.52 bits per heavy atom. The van der Waals surface area contributed by atoms with Gasteiger partial charge in [-0.05, 0) is 35.9 Å². The Labute approximate surface area is 127 Å². The molecule has 5 nitrogen and oxygen atoms in total. The molecular formula is C14H15NO4S2. The Hall–Kier alpha value is -1.70. The number of hydrogen-bond donors (Lipinski definition) is 2. The maximum atomic E-state index is 12.4. The molecule has 0 fully saturated rings. The summed E-state index contributed by atoms with van der Waals surface area (Å²) in [5, 5.41) is 10.6. The molecule has 0 bridgehead atoms. The minimum Gasteiger partial charge on any atom is -0.477 e. The maximum absolute atomic E-state index is 12.4. The summed E-state index contributed by atoms with van der Waals surface area (Å²) in [4.78, 5) is 10.8. The average Bonchev–Trinajstić information content (AvgIpc) is 2.81. The van der Waals surface area contributed by atoms with Gasteiger partial charge in [0.15, 0.2) is 0 Å². The minimum absolute atomic E-state index is 0.128. The Morgan fingerprint density at radius 2 is 1.90 bits per heavy atom. The summed E-state index contributed by atoms with van der Waals surface area (Å²) in [5.41, 5.74) is 2.27. The van der Waals surface area contributed by atoms with E-state index in [1.54, 1.807) is 6.92 Å². The average molecular weight is 325 g/mol. The zero-order valence-electron chi connectivity index (χ0n) is 11.6. The molecular weight excluding hydrogens is 310 g/mol. The predicted octanol–water partition coefficient (Wildman–Crippen LogP) is 2.54. The number of hydrogen-bond acceptors (Lipinski definition) is 4. The first-order chi connectivity index (χ1) is 9.83. The highest BCUT2D eigenvalue weighted by Crippen LogP contribution is 2.27. The van der Waals surface area contributed by atoms with Gasteiger partial charge in [-0.1, -0.05) is 24.3 Å². The lowest BCUT2D eigenvalue weighted by Gasteiger charge is -2.09. The highest BCUT2D eigenvalue weighted by atomic mass is 32.2. The predicted molar refractivity (Wildman–Crippen MR) is 81.2 cm³/mol. The van der Waals surface area contributed by atoms with Gasteiger partial charge in [0.1, 0.15) is 9.77 Å². The molecule has 0 unspecified atom stereocenters. The van der Waals surface area contributed by atoms with Crippen molar-refractivity contribution in [3.63, 3.8) is 0 Å². The van der Waals surface area contributed by atoms with Gasteiger partial charge in [-0.15, -0.1) is 11.3 Å². The lowest BCUT2D eigenvalue weighted by Crippen LogP contribution is -2.25. The molecule has 0 aliphatic rings. The van der Waals surface area contributed by atoms with Gasteiger partial charge >= 0.3 is 5.97 Å². The Bertz CT molecular complexity index is 778. The zero-order chi connectivity index (χ0) is 15.6. The van der Waals surface area contributed by atoms with Crippen molar-refractivity contribution in [2.45, 2.75) is 25.3 Å². The van der Waals surface area contributed by atoms with Crippen LogP contribution in [0.4, 0.5) is 0 Å². The summed E-state index contributed by atoms with van der Waals surface area (Å²) in [6, 6.07) is 7.42. The van der Waals surface area contributed by atoms with Crippen molar-refractivity contribution in [3.05, 3.63) is 51.2 Å². The van der Waals surface area contributed by atoms with E-state index >= 15 is 0 Å². The number of carbonyl (C=O) groups is 1. The van der Waals surface area contributed by atoms with Crippen LogP contribution in [0.5, 0.6) is 0 Å². The normalized spacial score (nSPS) is 11.5. The largest absolute Gasteiger partial charge is 0.477 e. The second kappa shape index (κ2) is 5.97. The molecule has 0 spiro atoms. The topological polar surface area (TPSA) is 83.5 Å². The van der Waals surface area contributed by atoms with Crippen LogP contribution in [0.15, 0.2) is 34.5 Å². The number of benzene rings is 1. The number of thiophene rings is 1. The number of nitrogens with one attached hydrogen (secondary N) is 1. The number of carboxylic acids is 1. The molecule has 0 amide bonds. The lowest BCUT2D eigenvalue weighted by atomic mass is 10.1. The number of aryl methyl sites for hydroxylation is 2. The molecule has 0 aliphatic carbocycles. The number of sulfonamides is 1. The molecule has 0 aliphatic heterocycles. The van der Waals surface area contributed by atoms with Crippen LogP contribution < -0.4 is 4.72 Å². The van der Waals surface area contributed by atoms with Gasteiger partial charge in [-0.2, -0.15) is 0 Å². The van der Waals surface area contributed by atoms with E-state index in [1.807, 2.05) is 31.2 Å². The van der Waals surface area contributed by atoms with Gasteiger partial charge in [0.2, 0.25) is 10.0 Å². The van der Waals surface area contributed by atoms with Gasteiger partial charge in [-0.3, -0.25) is 0 Å². The fraction of sp³-hybridized carbons (Fsp3) is 0.214. The summed E-state index contributed by atoms with van der Waals surface area (Å²) < 4.78 is 27.2. The van der Waals surface area contributed by atoms with Crippen LogP contribution in [-0.2, 0) is 16.6 Å². The standard InChI is InChI=1S/C14H15NO4S2/c1-9-5-3-4-6-11(9)7-15-21(18,19)13-10(2)8-20-12(13)14(16)17/h3-6,8,15H,7H2,1-2H3,(H,16,17). The van der Waals surface area contributed by atoms with E-state index in [2.05, 4.69) is 4.72 Å². The molecule has 0 saturated heterocycles. The van der Waals surface area contributed by atoms with E-state index in [1.165, 1.54) is 5.38 Å². The summed E-state index contributed by atoms with van der Waals surface area (Å²) in [6.07, 6.45) is 0. The first kappa shape index (κ1) is 15.7. The van der Waals surface area contributed by atoms with Crippen LogP contribution >= 0.6 is 11.3 Å². The van der Waals surface area contributed by atoms with Crippen LogP contribution in [0.25, 0.3) is 0 Å². The first-order valence-corrected chi connectivity index (χ1v) is 8.55. The molecule has 1 aromatic heterocycles. The van der Waals surface area contributed by atoms with Crippen LogP contribution in [0, 0.1) is 13.8 Å². The Kier molecular flexibility index (Phi) is 4.46. The van der Waals surface area contributed by atoms with E-state index < -0.39 is 16.0 Å². The molecule has 1 heterocycles. The second-order valence-corrected chi connectivity index (χ2v) is 7.22. The molecule has 0 saturated carbocycles. The first-order valence-electron chi connectivity index (χ1n) is 6.18. The fourth-order valence-electron chi connectivity index (χ4n) is 1.97. The molecule has 7 heteroatoms. The van der Waals surface area contributed by atoms with Gasteiger partial charge in [0.25, 0.3) is 0 Å². The van der Waals surface area contributed by atoms with Gasteiger partial charge < -0.3 is 5.11 Å². The third-order valence-corrected chi connectivity index (χ3v) is 5.90. The fourth-order valence-corrected chi connectivity index (χ4v) is 4.60. The molecule has 2 N–H and O–H groups in total. The SMILES string of the molecule is Cc1ccccc1CNS(=O)(=O)c1c(C)csc1C(=O)O. The van der Waals surface area contributed by atoms with Crippen LogP contribution in [0.2, 0.25) is 0 Å². The third kappa shape index (κ3) is 3.31. The Morgan fingerprint density at radius 1 is 1.24 bits per heavy atom. The summed E-state index contributed by atoms with van der Waals surface area (Å²) in [6.45, 7) is 3.61. The van der Waals surface area contributed by atoms with Crippen molar-refractivity contribution in [2.75, 3.05) is 0 Å². The van der Waals surface area contributed by atoms with Crippen molar-refractivity contribution in [3.8, 4) is 0 Å². The summed E-state index contributed by atoms with van der Waals surface area (Å²) >= 11 is 0.917. The van der Waals surface area contributed by atoms with E-state index in [0.29, 0.717) is 5.56 Å². The van der Waals surface area contributed by atoms with E-state index in [9.17, 15) is 13.2 Å². The van der Waals surface area contributed by atoms with Gasteiger partial charge in [-0.25, -0.2) is 17.9 Å². The van der Waals surface area contributed by atoms with Crippen LogP contribution in [0.3, 0.4) is 0 Å². The van der Waals surface area contributed by atoms with Crippen LogP contribution in [0.1, 0.15) is 26.4 Å². The second-order valence-electron chi connectivity index (χ2n) is 4.63. The maximum Gasteiger partial charge on any atom is 0.347 e. The van der Waals surface area contributed by atoms with E-state index in [4.69, 9.17) is 5.11 Å². The van der Waals surface area contributed by atoms with Gasteiger partial charge in [0, 0.05) is 6.54 Å². The summed E-state index contributed by atoms with van der Waals surface area (Å²) in [5.74, 6) is -1.23. The Balaban J connectivity index is 2.30. The van der Waals surface area contributed by atoms with Crippen LogP contribution in [-0.4, -0.2) is 19.5 Å². The van der Waals surface area contributed by atoms with Crippen molar-refractivity contribution in [2.24, 2.45) is 0 Å². The molecule has 21 heavy (non-hydrogen) atoms. The van der Waals surface area contributed by atoms with Crippen molar-refractivity contribution in [1.29, 1.82) is 0 Å². The smallest absolute Gasteiger partial charge is 0.347 e. The molecule has 112 valence electrons.